The van der Waals surface area contributed by atoms with Crippen molar-refractivity contribution in [1.82, 2.24) is 9.97 Å². The van der Waals surface area contributed by atoms with Crippen molar-refractivity contribution < 1.29 is 9.90 Å². The van der Waals surface area contributed by atoms with E-state index in [-0.39, 0.29) is 10.7 Å². The molecule has 3 N–H and O–H groups in total. The third-order valence-electron chi connectivity index (χ3n) is 3.92. The van der Waals surface area contributed by atoms with E-state index in [1.54, 1.807) is 19.3 Å². The summed E-state index contributed by atoms with van der Waals surface area (Å²) in [5.74, 6) is -0.296. The summed E-state index contributed by atoms with van der Waals surface area (Å²) in [5.41, 5.74) is 3.40. The molecule has 0 spiro atoms. The summed E-state index contributed by atoms with van der Waals surface area (Å²) in [6, 6.07) is 3.48. The van der Waals surface area contributed by atoms with Gasteiger partial charge in [-0.25, -0.2) is 14.8 Å². The van der Waals surface area contributed by atoms with Crippen LogP contribution in [0.25, 0.3) is 0 Å². The number of carboxylic acids is 1. The number of aryl methyl sites for hydroxylation is 1. The Bertz CT molecular complexity index is 800. The maximum atomic E-state index is 11.7. The summed E-state index contributed by atoms with van der Waals surface area (Å²) in [6.45, 7) is 8.42. The largest absolute Gasteiger partial charge is 0.478 e. The molecule has 0 bridgehead atoms. The standard InChI is InChI=1S/C18H23ClN4O2/c1-10-6-7-12(16(24)25)13(18(2,3)4)14(10)21-8-11-9-22-17(19)23-15(11)20-5/h6-7,9,21H,8H2,1-5H3,(H,24,25)(H,20,22,23). The molecule has 0 amide bonds. The van der Waals surface area contributed by atoms with E-state index in [1.165, 1.54) is 0 Å². The van der Waals surface area contributed by atoms with Gasteiger partial charge in [0.1, 0.15) is 5.82 Å². The minimum absolute atomic E-state index is 0.174. The lowest BCUT2D eigenvalue weighted by Gasteiger charge is -2.27. The SMILES string of the molecule is CNc1nc(Cl)ncc1CNc1c(C)ccc(C(=O)O)c1C(C)(C)C. The fraction of sp³-hybridized carbons (Fsp3) is 0.389. The maximum Gasteiger partial charge on any atom is 0.336 e. The molecule has 0 radical (unpaired) electrons. The molecule has 25 heavy (non-hydrogen) atoms. The lowest BCUT2D eigenvalue weighted by atomic mass is 9.81. The van der Waals surface area contributed by atoms with Crippen molar-refractivity contribution in [2.24, 2.45) is 0 Å². The maximum absolute atomic E-state index is 11.7. The van der Waals surface area contributed by atoms with E-state index in [0.29, 0.717) is 17.9 Å². The van der Waals surface area contributed by atoms with Crippen LogP contribution in [0.1, 0.15) is 47.8 Å². The Morgan fingerprint density at radius 2 is 2.00 bits per heavy atom. The fourth-order valence-corrected chi connectivity index (χ4v) is 2.94. The van der Waals surface area contributed by atoms with Gasteiger partial charge in [0.25, 0.3) is 0 Å². The number of aromatic nitrogens is 2. The van der Waals surface area contributed by atoms with Crippen LogP contribution in [-0.4, -0.2) is 28.1 Å². The zero-order chi connectivity index (χ0) is 18.8. The smallest absolute Gasteiger partial charge is 0.336 e. The first-order valence-corrected chi connectivity index (χ1v) is 8.33. The molecule has 7 heteroatoms. The Balaban J connectivity index is 2.46. The zero-order valence-corrected chi connectivity index (χ0v) is 15.8. The number of rotatable bonds is 5. The van der Waals surface area contributed by atoms with E-state index < -0.39 is 5.97 Å². The van der Waals surface area contributed by atoms with Crippen molar-refractivity contribution in [3.8, 4) is 0 Å². The number of aromatic carboxylic acids is 1. The Morgan fingerprint density at radius 3 is 2.56 bits per heavy atom. The van der Waals surface area contributed by atoms with Gasteiger partial charge in [-0.1, -0.05) is 26.8 Å². The minimum Gasteiger partial charge on any atom is -0.478 e. The van der Waals surface area contributed by atoms with Crippen LogP contribution in [-0.2, 0) is 12.0 Å². The highest BCUT2D eigenvalue weighted by molar-refractivity contribution is 6.28. The first-order chi connectivity index (χ1) is 11.6. The molecule has 0 saturated heterocycles. The van der Waals surface area contributed by atoms with Gasteiger partial charge in [-0.3, -0.25) is 0 Å². The highest BCUT2D eigenvalue weighted by Crippen LogP contribution is 2.35. The predicted octanol–water partition coefficient (Wildman–Crippen LogP) is 4.09. The van der Waals surface area contributed by atoms with E-state index in [2.05, 4.69) is 20.6 Å². The summed E-state index contributed by atoms with van der Waals surface area (Å²) in [7, 11) is 1.76. The van der Waals surface area contributed by atoms with Crippen LogP contribution in [0.15, 0.2) is 18.3 Å². The summed E-state index contributed by atoms with van der Waals surface area (Å²) in [4.78, 5) is 19.8. The Kier molecular flexibility index (Phi) is 5.52. The molecule has 0 aliphatic heterocycles. The van der Waals surface area contributed by atoms with E-state index in [9.17, 15) is 9.90 Å². The number of nitrogens with one attached hydrogen (secondary N) is 2. The van der Waals surface area contributed by atoms with E-state index in [1.807, 2.05) is 33.8 Å². The van der Waals surface area contributed by atoms with E-state index >= 15 is 0 Å². The van der Waals surface area contributed by atoms with Crippen molar-refractivity contribution in [2.45, 2.75) is 39.7 Å². The molecule has 0 fully saturated rings. The average Bonchev–Trinajstić information content (AvgIpc) is 2.52. The molecule has 1 heterocycles. The molecule has 1 aromatic heterocycles. The lowest BCUT2D eigenvalue weighted by Crippen LogP contribution is -2.21. The van der Waals surface area contributed by atoms with Crippen LogP contribution in [0.5, 0.6) is 0 Å². The van der Waals surface area contributed by atoms with Crippen molar-refractivity contribution in [3.05, 3.63) is 45.9 Å². The number of hydrogen-bond acceptors (Lipinski definition) is 5. The van der Waals surface area contributed by atoms with E-state index in [4.69, 9.17) is 11.6 Å². The van der Waals surface area contributed by atoms with Crippen LogP contribution in [0.4, 0.5) is 11.5 Å². The van der Waals surface area contributed by atoms with Crippen molar-refractivity contribution in [1.29, 1.82) is 0 Å². The molecule has 1 aromatic carbocycles. The molecule has 0 atom stereocenters. The third kappa shape index (κ3) is 4.20. The summed E-state index contributed by atoms with van der Waals surface area (Å²) >= 11 is 5.83. The van der Waals surface area contributed by atoms with Crippen LogP contribution in [0.3, 0.4) is 0 Å². The molecule has 0 unspecified atom stereocenters. The van der Waals surface area contributed by atoms with Crippen molar-refractivity contribution in [3.63, 3.8) is 0 Å². The number of benzene rings is 1. The molecule has 134 valence electrons. The number of carboxylic acid groups (broad SMARTS) is 1. The average molecular weight is 363 g/mol. The Morgan fingerprint density at radius 1 is 1.32 bits per heavy atom. The van der Waals surface area contributed by atoms with Crippen molar-refractivity contribution >= 4 is 29.1 Å². The number of hydrogen-bond donors (Lipinski definition) is 3. The molecule has 2 aromatic rings. The van der Waals surface area contributed by atoms with Gasteiger partial charge in [-0.15, -0.1) is 0 Å². The van der Waals surface area contributed by atoms with Gasteiger partial charge < -0.3 is 15.7 Å². The topological polar surface area (TPSA) is 87.1 Å². The number of anilines is 2. The van der Waals surface area contributed by atoms with Gasteiger partial charge in [0, 0.05) is 31.0 Å². The fourth-order valence-electron chi connectivity index (χ4n) is 2.81. The summed E-state index contributed by atoms with van der Waals surface area (Å²) < 4.78 is 0. The van der Waals surface area contributed by atoms with Crippen LogP contribution >= 0.6 is 11.6 Å². The second kappa shape index (κ2) is 7.27. The lowest BCUT2D eigenvalue weighted by molar-refractivity contribution is 0.0694. The van der Waals surface area contributed by atoms with Gasteiger partial charge in [-0.05, 0) is 41.1 Å². The molecule has 6 nitrogen and oxygen atoms in total. The molecular formula is C18H23ClN4O2. The van der Waals surface area contributed by atoms with Crippen LogP contribution in [0, 0.1) is 6.92 Å². The van der Waals surface area contributed by atoms with Gasteiger partial charge in [0.15, 0.2) is 0 Å². The zero-order valence-electron chi connectivity index (χ0n) is 15.1. The van der Waals surface area contributed by atoms with E-state index in [0.717, 1.165) is 22.4 Å². The monoisotopic (exact) mass is 362 g/mol. The number of carbonyl (C=O) groups is 1. The molecular weight excluding hydrogens is 340 g/mol. The second-order valence-corrected chi connectivity index (χ2v) is 7.19. The number of nitrogens with zero attached hydrogens (tertiary/aromatic N) is 2. The highest BCUT2D eigenvalue weighted by atomic mass is 35.5. The predicted molar refractivity (Wildman–Crippen MR) is 101 cm³/mol. The first-order valence-electron chi connectivity index (χ1n) is 7.95. The molecule has 0 aliphatic rings. The Labute approximate surface area is 152 Å². The van der Waals surface area contributed by atoms with Gasteiger partial charge in [-0.2, -0.15) is 0 Å². The van der Waals surface area contributed by atoms with Crippen LogP contribution < -0.4 is 10.6 Å². The number of halogens is 1. The molecule has 2 rings (SSSR count). The van der Waals surface area contributed by atoms with Gasteiger partial charge in [0.05, 0.1) is 5.56 Å². The highest BCUT2D eigenvalue weighted by Gasteiger charge is 2.26. The molecule has 0 aliphatic carbocycles. The normalized spacial score (nSPS) is 11.3. The second-order valence-electron chi connectivity index (χ2n) is 6.85. The van der Waals surface area contributed by atoms with Gasteiger partial charge in [0.2, 0.25) is 5.28 Å². The quantitative estimate of drug-likeness (QED) is 0.694. The minimum atomic E-state index is -0.932. The molecule has 0 saturated carbocycles. The first kappa shape index (κ1) is 19.0. The third-order valence-corrected chi connectivity index (χ3v) is 4.10. The Hall–Kier alpha value is -2.34. The van der Waals surface area contributed by atoms with Gasteiger partial charge >= 0.3 is 5.97 Å². The van der Waals surface area contributed by atoms with Crippen molar-refractivity contribution in [2.75, 3.05) is 17.7 Å². The summed E-state index contributed by atoms with van der Waals surface area (Å²) in [6.07, 6.45) is 1.65. The van der Waals surface area contributed by atoms with Crippen LogP contribution in [0.2, 0.25) is 5.28 Å². The summed E-state index contributed by atoms with van der Waals surface area (Å²) in [5, 5.41) is 16.1.